The Morgan fingerprint density at radius 3 is 2.11 bits per heavy atom. The number of rotatable bonds is 8. The van der Waals surface area contributed by atoms with E-state index >= 15 is 0 Å². The Balaban J connectivity index is 1.32. The lowest BCUT2D eigenvalue weighted by molar-refractivity contribution is -0.428. The zero-order valence-corrected chi connectivity index (χ0v) is 28.7. The molecule has 0 bridgehead atoms. The van der Waals surface area contributed by atoms with Gasteiger partial charge in [0.1, 0.15) is 4.91 Å². The van der Waals surface area contributed by atoms with Crippen molar-refractivity contribution in [2.24, 2.45) is 0 Å². The van der Waals surface area contributed by atoms with Crippen LogP contribution in [0.15, 0.2) is 160 Å². The largest absolute Gasteiger partial charge is 0.428 e. The van der Waals surface area contributed by atoms with Crippen LogP contribution in [0.25, 0.3) is 16.2 Å². The minimum atomic E-state index is -0.00816. The second-order valence-electron chi connectivity index (χ2n) is 11.1. The average molecular weight is 669 g/mol. The zero-order chi connectivity index (χ0) is 32.3. The van der Waals surface area contributed by atoms with Crippen LogP contribution in [0.1, 0.15) is 23.6 Å². The molecule has 4 aromatic carbocycles. The third-order valence-corrected chi connectivity index (χ3v) is 11.7. The third-order valence-electron chi connectivity index (χ3n) is 8.19. The van der Waals surface area contributed by atoms with Crippen LogP contribution >= 0.6 is 35.3 Å². The van der Waals surface area contributed by atoms with Crippen molar-refractivity contribution in [3.8, 4) is 0 Å². The van der Waals surface area contributed by atoms with E-state index in [0.717, 1.165) is 48.9 Å². The van der Waals surface area contributed by atoms with Gasteiger partial charge >= 0.3 is 5.91 Å². The molecule has 0 aromatic heterocycles. The van der Waals surface area contributed by atoms with Crippen LogP contribution in [0.2, 0.25) is 0 Å². The van der Waals surface area contributed by atoms with Crippen molar-refractivity contribution in [1.82, 2.24) is 4.90 Å². The van der Waals surface area contributed by atoms with Crippen LogP contribution in [0.3, 0.4) is 0 Å². The van der Waals surface area contributed by atoms with Crippen LogP contribution < -0.4 is 4.90 Å². The fourth-order valence-corrected chi connectivity index (χ4v) is 9.52. The van der Waals surface area contributed by atoms with Crippen molar-refractivity contribution in [3.05, 3.63) is 172 Å². The molecule has 0 aliphatic carbocycles. The molecule has 3 aliphatic rings. The maximum Gasteiger partial charge on any atom is 0.428 e. The Morgan fingerprint density at radius 1 is 0.787 bits per heavy atom. The second-order valence-corrected chi connectivity index (χ2v) is 14.2. The molecule has 0 N–H and O–H groups in total. The second kappa shape index (κ2) is 13.7. The average Bonchev–Trinajstić information content (AvgIpc) is 3.75. The van der Waals surface area contributed by atoms with Crippen LogP contribution in [-0.4, -0.2) is 40.6 Å². The van der Waals surface area contributed by atoms with Crippen molar-refractivity contribution in [3.63, 3.8) is 0 Å². The molecule has 4 nitrogen and oxygen atoms in total. The quantitative estimate of drug-likeness (QED) is 0.105. The number of fused-ring (bicyclic) bond motifs is 1. The smallest absolute Gasteiger partial charge is 0.337 e. The predicted octanol–water partition coefficient (Wildman–Crippen LogP) is 9.79. The number of benzene rings is 4. The van der Waals surface area contributed by atoms with Gasteiger partial charge in [0.15, 0.2) is 6.54 Å². The van der Waals surface area contributed by atoms with Gasteiger partial charge in [0.25, 0.3) is 5.04 Å². The van der Waals surface area contributed by atoms with Gasteiger partial charge in [-0.2, -0.15) is 0 Å². The standard InChI is InChI=1S/C40H34N3OS3/c1-4-25-43-36(27-34-41(3)37(29-19-11-7-12-20-29)38(46-34)30-21-13-8-14-22-30)47-39(40(43)44)31(28-17-9-6-10-18-28)26-35-42(5-2)32-23-15-16-24-33(32)45-35/h4,6-24,26-27H,1,5,25H2,2-3H3/q+1/b35-26+,39-31-. The summed E-state index contributed by atoms with van der Waals surface area (Å²) < 4.78 is 1.85. The molecular formula is C40H34N3OS3+. The summed E-state index contributed by atoms with van der Waals surface area (Å²) >= 11 is 5.04. The highest BCUT2D eigenvalue weighted by molar-refractivity contribution is 8.19. The van der Waals surface area contributed by atoms with E-state index in [-0.39, 0.29) is 5.91 Å². The van der Waals surface area contributed by atoms with Gasteiger partial charge in [-0.3, -0.25) is 0 Å². The molecule has 0 spiro atoms. The molecule has 0 unspecified atom stereocenters. The fourth-order valence-electron chi connectivity index (χ4n) is 5.93. The number of carbonyl (C=O) groups is 1. The summed E-state index contributed by atoms with van der Waals surface area (Å²) in [5.41, 5.74) is 6.63. The molecule has 232 valence electrons. The van der Waals surface area contributed by atoms with Gasteiger partial charge < -0.3 is 9.80 Å². The number of para-hydroxylation sites is 1. The van der Waals surface area contributed by atoms with E-state index < -0.39 is 0 Å². The molecule has 7 rings (SSSR count). The van der Waals surface area contributed by atoms with E-state index in [9.17, 15) is 4.79 Å². The Labute approximate surface area is 289 Å². The first-order valence-corrected chi connectivity index (χ1v) is 18.0. The number of hydrogen-bond donors (Lipinski definition) is 0. The lowest BCUT2D eigenvalue weighted by atomic mass is 10.0. The molecule has 0 saturated heterocycles. The topological polar surface area (TPSA) is 26.6 Å². The van der Waals surface area contributed by atoms with Crippen molar-refractivity contribution in [2.75, 3.05) is 25.0 Å². The molecular weight excluding hydrogens is 635 g/mol. The number of hydrogen-bond acceptors (Lipinski definition) is 6. The normalized spacial score (nSPS) is 19.0. The molecule has 0 fully saturated rings. The first kappa shape index (κ1) is 31.2. The van der Waals surface area contributed by atoms with Crippen LogP contribution in [0, 0.1) is 0 Å². The van der Waals surface area contributed by atoms with Crippen molar-refractivity contribution in [1.29, 1.82) is 0 Å². The number of anilines is 1. The van der Waals surface area contributed by atoms with Crippen molar-refractivity contribution < 1.29 is 9.37 Å². The maximum atomic E-state index is 14.4. The lowest BCUT2D eigenvalue weighted by Crippen LogP contribution is -2.21. The first-order chi connectivity index (χ1) is 23.1. The number of allylic oxidation sites excluding steroid dienone is 2. The summed E-state index contributed by atoms with van der Waals surface area (Å²) in [6.07, 6.45) is 6.17. The van der Waals surface area contributed by atoms with Crippen LogP contribution in [0.4, 0.5) is 5.69 Å². The number of nitrogens with zero attached hydrogens (tertiary/aromatic N) is 3. The molecule has 0 atom stereocenters. The molecule has 3 heterocycles. The van der Waals surface area contributed by atoms with E-state index in [1.165, 1.54) is 21.1 Å². The highest BCUT2D eigenvalue weighted by Crippen LogP contribution is 2.51. The number of thioether (sulfide) groups is 3. The predicted molar refractivity (Wildman–Crippen MR) is 203 cm³/mol. The van der Waals surface area contributed by atoms with E-state index in [0.29, 0.717) is 6.54 Å². The summed E-state index contributed by atoms with van der Waals surface area (Å²) in [6.45, 7) is 7.43. The van der Waals surface area contributed by atoms with E-state index in [1.807, 2.05) is 34.9 Å². The van der Waals surface area contributed by atoms with Crippen molar-refractivity contribution >= 4 is 68.1 Å². The Morgan fingerprint density at radius 2 is 1.43 bits per heavy atom. The Kier molecular flexibility index (Phi) is 9.12. The van der Waals surface area contributed by atoms with E-state index in [4.69, 9.17) is 0 Å². The lowest BCUT2D eigenvalue weighted by Gasteiger charge is -2.18. The summed E-state index contributed by atoms with van der Waals surface area (Å²) in [5, 5.41) is 3.07. The highest BCUT2D eigenvalue weighted by atomic mass is 32.2. The van der Waals surface area contributed by atoms with Crippen LogP contribution in [-0.2, 0) is 4.79 Å². The van der Waals surface area contributed by atoms with Gasteiger partial charge in [0.05, 0.1) is 21.4 Å². The molecule has 7 heteroatoms. The Hall–Kier alpha value is -4.43. The van der Waals surface area contributed by atoms with Gasteiger partial charge in [-0.25, -0.2) is 4.79 Å². The van der Waals surface area contributed by atoms with Gasteiger partial charge in [0, 0.05) is 35.0 Å². The molecule has 0 radical (unpaired) electrons. The highest BCUT2D eigenvalue weighted by Gasteiger charge is 2.40. The van der Waals surface area contributed by atoms with Gasteiger partial charge in [-0.05, 0) is 59.7 Å². The minimum Gasteiger partial charge on any atom is -0.337 e. The monoisotopic (exact) mass is 668 g/mol. The summed E-state index contributed by atoms with van der Waals surface area (Å²) in [5.74, 6) is -0.00816. The molecule has 3 aliphatic heterocycles. The number of carbonyl (C=O) groups excluding carboxylic acids is 1. The van der Waals surface area contributed by atoms with E-state index in [2.05, 4.69) is 127 Å². The van der Waals surface area contributed by atoms with Crippen molar-refractivity contribution in [2.45, 2.75) is 11.8 Å². The summed E-state index contributed by atoms with van der Waals surface area (Å²) in [7, 11) is 2.11. The van der Waals surface area contributed by atoms with E-state index in [1.54, 1.807) is 41.4 Å². The van der Waals surface area contributed by atoms with Gasteiger partial charge in [0.2, 0.25) is 0 Å². The SMILES string of the molecule is C=CC[N+]1=C(/C=C2/SC(c3ccccc3)=C(c3ccccc3)N2C)S/C(=C(/C=C2/Sc3ccccc3N2CC)c2ccccc2)C1=O. The third kappa shape index (κ3) is 6.07. The minimum absolute atomic E-state index is 0.00816. The summed E-state index contributed by atoms with van der Waals surface area (Å²) in [4.78, 5) is 22.1. The molecule has 4 aromatic rings. The molecule has 0 saturated carbocycles. The van der Waals surface area contributed by atoms with Gasteiger partial charge in [-0.1, -0.05) is 133 Å². The Bertz CT molecular complexity index is 2010. The molecule has 1 amide bonds. The fraction of sp³-hybridized carbons (Fsp3) is 0.100. The zero-order valence-electron chi connectivity index (χ0n) is 26.3. The summed E-state index contributed by atoms with van der Waals surface area (Å²) in [6, 6.07) is 39.8. The number of amides is 1. The first-order valence-electron chi connectivity index (χ1n) is 15.6. The molecule has 47 heavy (non-hydrogen) atoms. The maximum absolute atomic E-state index is 14.4. The van der Waals surface area contributed by atoms with Crippen LogP contribution in [0.5, 0.6) is 0 Å². The van der Waals surface area contributed by atoms with Gasteiger partial charge in [-0.15, -0.1) is 4.58 Å².